The van der Waals surface area contributed by atoms with E-state index < -0.39 is 6.04 Å². The zero-order chi connectivity index (χ0) is 19.7. The van der Waals surface area contributed by atoms with E-state index in [0.717, 1.165) is 30.5 Å². The van der Waals surface area contributed by atoms with Gasteiger partial charge in [0.2, 0.25) is 11.8 Å². The van der Waals surface area contributed by atoms with Crippen LogP contribution in [-0.2, 0) is 27.4 Å². The molecule has 2 aliphatic heterocycles. The number of nitrogens with zero attached hydrogens (tertiary/aromatic N) is 1. The van der Waals surface area contributed by atoms with Gasteiger partial charge in [-0.1, -0.05) is 25.0 Å². The number of nitrogens with one attached hydrogen (secondary N) is 2. The van der Waals surface area contributed by atoms with E-state index in [0.29, 0.717) is 24.6 Å². The summed E-state index contributed by atoms with van der Waals surface area (Å²) in [5.41, 5.74) is 2.72. The van der Waals surface area contributed by atoms with Crippen LogP contribution in [0.4, 0.5) is 0 Å². The summed E-state index contributed by atoms with van der Waals surface area (Å²) in [5, 5.41) is 5.94. The van der Waals surface area contributed by atoms with Crippen LogP contribution < -0.4 is 10.6 Å². The first-order chi connectivity index (χ1) is 13.6. The molecule has 7 nitrogen and oxygen atoms in total. The van der Waals surface area contributed by atoms with Gasteiger partial charge in [0.15, 0.2) is 0 Å². The van der Waals surface area contributed by atoms with Crippen molar-refractivity contribution in [1.29, 1.82) is 0 Å². The zero-order valence-corrected chi connectivity index (χ0v) is 16.2. The number of amides is 3. The molecule has 0 aromatic heterocycles. The number of imide groups is 1. The van der Waals surface area contributed by atoms with Crippen LogP contribution in [0, 0.1) is 0 Å². The van der Waals surface area contributed by atoms with E-state index >= 15 is 0 Å². The highest BCUT2D eigenvalue weighted by Crippen LogP contribution is 2.28. The Labute approximate surface area is 164 Å². The number of hydrogen-bond donors (Lipinski definition) is 2. The van der Waals surface area contributed by atoms with Crippen molar-refractivity contribution in [3.05, 3.63) is 34.9 Å². The van der Waals surface area contributed by atoms with Crippen LogP contribution >= 0.6 is 0 Å². The van der Waals surface area contributed by atoms with Crippen LogP contribution in [0.1, 0.15) is 60.0 Å². The third-order valence-corrected chi connectivity index (χ3v) is 6.16. The summed E-state index contributed by atoms with van der Waals surface area (Å²) in [7, 11) is 1.77. The molecule has 2 fully saturated rings. The monoisotopic (exact) mass is 385 g/mol. The normalized spacial score (nSPS) is 27.7. The SMILES string of the molecule is CO[C@H]1CCCC[C@H]1NCc1ccc2c(c1)CN(C1CCC(=O)NC1=O)C2=O. The third kappa shape index (κ3) is 3.69. The van der Waals surface area contributed by atoms with Gasteiger partial charge in [-0.05, 0) is 36.5 Å². The Balaban J connectivity index is 1.42. The first-order valence-electron chi connectivity index (χ1n) is 10.1. The Kier molecular flexibility index (Phi) is 5.46. The summed E-state index contributed by atoms with van der Waals surface area (Å²) in [4.78, 5) is 37.9. The number of piperidine rings is 1. The third-order valence-electron chi connectivity index (χ3n) is 6.16. The molecule has 1 saturated carbocycles. The topological polar surface area (TPSA) is 87.7 Å². The van der Waals surface area contributed by atoms with Crippen molar-refractivity contribution in [3.8, 4) is 0 Å². The number of carbonyl (C=O) groups is 3. The van der Waals surface area contributed by atoms with Crippen molar-refractivity contribution >= 4 is 17.7 Å². The molecule has 150 valence electrons. The van der Waals surface area contributed by atoms with Gasteiger partial charge in [-0.2, -0.15) is 0 Å². The smallest absolute Gasteiger partial charge is 0.255 e. The van der Waals surface area contributed by atoms with E-state index in [9.17, 15) is 14.4 Å². The molecule has 3 atom stereocenters. The minimum atomic E-state index is -0.566. The standard InChI is InChI=1S/C21H27N3O4/c1-28-18-5-3-2-4-16(18)22-11-13-6-7-15-14(10-13)12-24(21(15)27)17-8-9-19(25)23-20(17)26/h6-7,10,16-18,22H,2-5,8-9,11-12H2,1H3,(H,23,25,26)/t16-,17?,18+/m1/s1. The minimum absolute atomic E-state index is 0.129. The van der Waals surface area contributed by atoms with Crippen molar-refractivity contribution in [2.45, 2.75) is 69.8 Å². The number of methoxy groups -OCH3 is 1. The number of hydrogen-bond acceptors (Lipinski definition) is 5. The van der Waals surface area contributed by atoms with Gasteiger partial charge in [-0.25, -0.2) is 0 Å². The van der Waals surface area contributed by atoms with Crippen molar-refractivity contribution < 1.29 is 19.1 Å². The molecule has 1 aromatic rings. The van der Waals surface area contributed by atoms with Crippen molar-refractivity contribution in [2.24, 2.45) is 0 Å². The van der Waals surface area contributed by atoms with E-state index in [2.05, 4.69) is 16.7 Å². The molecule has 1 aromatic carbocycles. The number of carbonyl (C=O) groups excluding carboxylic acids is 3. The number of fused-ring (bicyclic) bond motifs is 1. The highest BCUT2D eigenvalue weighted by atomic mass is 16.5. The fourth-order valence-electron chi connectivity index (χ4n) is 4.60. The lowest BCUT2D eigenvalue weighted by Crippen LogP contribution is -2.52. The second-order valence-electron chi connectivity index (χ2n) is 7.94. The van der Waals surface area contributed by atoms with Crippen molar-refractivity contribution in [2.75, 3.05) is 7.11 Å². The van der Waals surface area contributed by atoms with Gasteiger partial charge in [0.05, 0.1) is 6.10 Å². The van der Waals surface area contributed by atoms with Crippen molar-refractivity contribution in [1.82, 2.24) is 15.5 Å². The van der Waals surface area contributed by atoms with Crippen LogP contribution in [0.25, 0.3) is 0 Å². The first-order valence-corrected chi connectivity index (χ1v) is 10.1. The lowest BCUT2D eigenvalue weighted by atomic mass is 9.92. The molecular weight excluding hydrogens is 358 g/mol. The molecule has 1 saturated heterocycles. The number of rotatable bonds is 5. The van der Waals surface area contributed by atoms with Gasteiger partial charge >= 0.3 is 0 Å². The molecule has 1 aliphatic carbocycles. The average Bonchev–Trinajstić information content (AvgIpc) is 3.02. The highest BCUT2D eigenvalue weighted by Gasteiger charge is 2.39. The van der Waals surface area contributed by atoms with E-state index in [1.165, 1.54) is 12.8 Å². The Morgan fingerprint density at radius 1 is 1.18 bits per heavy atom. The van der Waals surface area contributed by atoms with Crippen LogP contribution in [0.3, 0.4) is 0 Å². The second kappa shape index (κ2) is 8.01. The zero-order valence-electron chi connectivity index (χ0n) is 16.2. The maximum absolute atomic E-state index is 12.8. The number of benzene rings is 1. The summed E-state index contributed by atoms with van der Waals surface area (Å²) >= 11 is 0. The van der Waals surface area contributed by atoms with Crippen LogP contribution in [-0.4, -0.2) is 47.9 Å². The maximum Gasteiger partial charge on any atom is 0.255 e. The summed E-state index contributed by atoms with van der Waals surface area (Å²) < 4.78 is 5.60. The molecule has 0 radical (unpaired) electrons. The predicted octanol–water partition coefficient (Wildman–Crippen LogP) is 1.49. The van der Waals surface area contributed by atoms with E-state index in [1.54, 1.807) is 12.0 Å². The molecule has 3 aliphatic rings. The van der Waals surface area contributed by atoms with Gasteiger partial charge in [-0.3, -0.25) is 19.7 Å². The van der Waals surface area contributed by atoms with Gasteiger partial charge in [0, 0.05) is 38.2 Å². The second-order valence-corrected chi connectivity index (χ2v) is 7.94. The van der Waals surface area contributed by atoms with Crippen molar-refractivity contribution in [3.63, 3.8) is 0 Å². The van der Waals surface area contributed by atoms with E-state index in [4.69, 9.17) is 4.74 Å². The molecule has 2 heterocycles. The summed E-state index contributed by atoms with van der Waals surface area (Å²) in [6.45, 7) is 1.14. The molecule has 7 heteroatoms. The molecular formula is C21H27N3O4. The molecule has 28 heavy (non-hydrogen) atoms. The van der Waals surface area contributed by atoms with Crippen LogP contribution in [0.15, 0.2) is 18.2 Å². The fourth-order valence-corrected chi connectivity index (χ4v) is 4.60. The highest BCUT2D eigenvalue weighted by molar-refractivity contribution is 6.05. The van der Waals surface area contributed by atoms with E-state index in [-0.39, 0.29) is 30.2 Å². The summed E-state index contributed by atoms with van der Waals surface area (Å²) in [6, 6.07) is 5.67. The van der Waals surface area contributed by atoms with Crippen LogP contribution in [0.2, 0.25) is 0 Å². The van der Waals surface area contributed by atoms with E-state index in [1.807, 2.05) is 12.1 Å². The Morgan fingerprint density at radius 3 is 2.79 bits per heavy atom. The van der Waals surface area contributed by atoms with Gasteiger partial charge in [0.1, 0.15) is 6.04 Å². The summed E-state index contributed by atoms with van der Waals surface area (Å²) in [6.07, 6.45) is 5.56. The molecule has 0 bridgehead atoms. The van der Waals surface area contributed by atoms with Gasteiger partial charge in [0.25, 0.3) is 5.91 Å². The van der Waals surface area contributed by atoms with Gasteiger partial charge in [-0.15, -0.1) is 0 Å². The van der Waals surface area contributed by atoms with Crippen LogP contribution in [0.5, 0.6) is 0 Å². The lowest BCUT2D eigenvalue weighted by Gasteiger charge is -2.31. The molecule has 2 N–H and O–H groups in total. The molecule has 0 spiro atoms. The minimum Gasteiger partial charge on any atom is -0.380 e. The molecule has 4 rings (SSSR count). The molecule has 3 amide bonds. The molecule has 1 unspecified atom stereocenters. The first kappa shape index (κ1) is 19.1. The summed E-state index contributed by atoms with van der Waals surface area (Å²) in [5.74, 6) is -0.770. The fraction of sp³-hybridized carbons (Fsp3) is 0.571. The Morgan fingerprint density at radius 2 is 2.00 bits per heavy atom. The number of ether oxygens (including phenoxy) is 1. The van der Waals surface area contributed by atoms with Gasteiger partial charge < -0.3 is 15.0 Å². The largest absolute Gasteiger partial charge is 0.380 e. The average molecular weight is 385 g/mol. The lowest BCUT2D eigenvalue weighted by molar-refractivity contribution is -0.136. The predicted molar refractivity (Wildman–Crippen MR) is 102 cm³/mol. The quantitative estimate of drug-likeness (QED) is 0.750. The Hall–Kier alpha value is -2.25. The maximum atomic E-state index is 12.8. The Bertz CT molecular complexity index is 794.